The average Bonchev–Trinajstić information content (AvgIpc) is 3.40. The number of amidine groups is 1. The molecule has 164 valence electrons. The van der Waals surface area contributed by atoms with Gasteiger partial charge in [0.15, 0.2) is 28.3 Å². The molecule has 1 saturated heterocycles. The van der Waals surface area contributed by atoms with E-state index in [0.29, 0.717) is 10.7 Å². The summed E-state index contributed by atoms with van der Waals surface area (Å²) in [5.41, 5.74) is -0.109. The zero-order valence-corrected chi connectivity index (χ0v) is 17.4. The van der Waals surface area contributed by atoms with Crippen molar-refractivity contribution >= 4 is 34.4 Å². The quantitative estimate of drug-likeness (QED) is 0.406. The third-order valence-corrected chi connectivity index (χ3v) is 6.21. The third kappa shape index (κ3) is 3.89. The number of rotatable bonds is 5. The number of thiazole rings is 1. The SMILES string of the molecule is COC(=O)C1=C2CC(NS(=O)[O-])CN2C(c2nccs2)=NC1c1ccc(F)c(F)c1F. The molecule has 3 heterocycles. The molecule has 0 radical (unpaired) electrons. The lowest BCUT2D eigenvalue weighted by atomic mass is 9.94. The Bertz CT molecular complexity index is 1120. The molecule has 0 amide bonds. The number of carbonyl (C=O) groups is 1. The van der Waals surface area contributed by atoms with Crippen LogP contribution in [0, 0.1) is 17.5 Å². The molecule has 1 aromatic heterocycles. The standard InChI is InChI=1S/C18H15F3N4O4S2/c1-29-18(26)12-11-6-8(24-31(27)28)7-25(11)16(17-22-4-5-30-17)23-15(12)9-2-3-10(19)14(21)13(9)20/h2-5,8,15,24H,6-7H2,1H3,(H,27,28)/p-1. The number of methoxy groups -OCH3 is 1. The lowest BCUT2D eigenvalue weighted by Gasteiger charge is -2.31. The Morgan fingerprint density at radius 1 is 1.35 bits per heavy atom. The van der Waals surface area contributed by atoms with Gasteiger partial charge in [0.25, 0.3) is 0 Å². The first kappa shape index (κ1) is 21.6. The molecule has 13 heteroatoms. The number of carbonyl (C=O) groups excluding carboxylic acids is 1. The summed E-state index contributed by atoms with van der Waals surface area (Å²) in [6.45, 7) is 0.134. The highest BCUT2D eigenvalue weighted by molar-refractivity contribution is 7.77. The number of nitrogens with zero attached hydrogens (tertiary/aromatic N) is 3. The maximum atomic E-state index is 14.7. The van der Waals surface area contributed by atoms with Crippen LogP contribution in [0.15, 0.2) is 40.0 Å². The fourth-order valence-electron chi connectivity index (χ4n) is 3.66. The lowest BCUT2D eigenvalue weighted by molar-refractivity contribution is -0.136. The molecular weight excluding hydrogens is 457 g/mol. The third-order valence-electron chi connectivity index (χ3n) is 4.91. The van der Waals surface area contributed by atoms with E-state index in [4.69, 9.17) is 4.74 Å². The molecule has 2 aliphatic heterocycles. The number of aliphatic imine (C=N–C) groups is 1. The predicted molar refractivity (Wildman–Crippen MR) is 104 cm³/mol. The first-order valence-corrected chi connectivity index (χ1v) is 10.8. The molecule has 4 rings (SSSR count). The summed E-state index contributed by atoms with van der Waals surface area (Å²) in [5.74, 6) is -5.13. The number of hydrogen-bond acceptors (Lipinski definition) is 8. The van der Waals surface area contributed by atoms with Crippen molar-refractivity contribution in [2.24, 2.45) is 4.99 Å². The molecule has 3 atom stereocenters. The van der Waals surface area contributed by atoms with Crippen LogP contribution in [0.5, 0.6) is 0 Å². The predicted octanol–water partition coefficient (Wildman–Crippen LogP) is 1.95. The summed E-state index contributed by atoms with van der Waals surface area (Å²) < 4.78 is 71.6. The van der Waals surface area contributed by atoms with Gasteiger partial charge < -0.3 is 14.2 Å². The van der Waals surface area contributed by atoms with Crippen molar-refractivity contribution in [3.05, 3.63) is 63.0 Å². The first-order chi connectivity index (χ1) is 14.8. The molecular formula is C18H14F3N4O4S2-. The topological polar surface area (TPSA) is 107 Å². The number of esters is 1. The van der Waals surface area contributed by atoms with Gasteiger partial charge in [-0.05, 0) is 6.07 Å². The second-order valence-corrected chi connectivity index (χ2v) is 8.27. The van der Waals surface area contributed by atoms with Crippen molar-refractivity contribution < 1.29 is 31.5 Å². The average molecular weight is 471 g/mol. The minimum Gasteiger partial charge on any atom is -0.760 e. The van der Waals surface area contributed by atoms with Gasteiger partial charge in [0.1, 0.15) is 6.04 Å². The molecule has 1 fully saturated rings. The van der Waals surface area contributed by atoms with Gasteiger partial charge in [0, 0.05) is 53.1 Å². The summed E-state index contributed by atoms with van der Waals surface area (Å²) >= 11 is -1.34. The summed E-state index contributed by atoms with van der Waals surface area (Å²) in [6, 6.07) is -0.189. The minimum absolute atomic E-state index is 0.0740. The molecule has 0 spiro atoms. The summed E-state index contributed by atoms with van der Waals surface area (Å²) in [7, 11) is 1.12. The summed E-state index contributed by atoms with van der Waals surface area (Å²) in [4.78, 5) is 22.9. The first-order valence-electron chi connectivity index (χ1n) is 8.87. The monoisotopic (exact) mass is 471 g/mol. The Morgan fingerprint density at radius 3 is 2.77 bits per heavy atom. The molecule has 0 aliphatic carbocycles. The Balaban J connectivity index is 1.92. The van der Waals surface area contributed by atoms with E-state index in [0.717, 1.165) is 19.2 Å². The van der Waals surface area contributed by atoms with Crippen molar-refractivity contribution in [1.29, 1.82) is 0 Å². The number of ether oxygens (including phenoxy) is 1. The number of halogens is 3. The second-order valence-electron chi connectivity index (χ2n) is 6.67. The van der Waals surface area contributed by atoms with Gasteiger partial charge in [-0.25, -0.2) is 27.7 Å². The number of benzene rings is 1. The van der Waals surface area contributed by atoms with Crippen LogP contribution in [-0.4, -0.2) is 50.1 Å². The zero-order chi connectivity index (χ0) is 22.3. The maximum absolute atomic E-state index is 14.7. The number of fused-ring (bicyclic) bond motifs is 1. The van der Waals surface area contributed by atoms with Crippen LogP contribution in [-0.2, 0) is 20.8 Å². The van der Waals surface area contributed by atoms with Gasteiger partial charge in [0.05, 0.1) is 12.7 Å². The fourth-order valence-corrected chi connectivity index (χ4v) is 4.73. The summed E-state index contributed by atoms with van der Waals surface area (Å²) in [5, 5.41) is 2.11. The Hall–Kier alpha value is -2.61. The van der Waals surface area contributed by atoms with Crippen LogP contribution < -0.4 is 4.72 Å². The number of aromatic nitrogens is 1. The Morgan fingerprint density at radius 2 is 2.13 bits per heavy atom. The molecule has 1 N–H and O–H groups in total. The van der Waals surface area contributed by atoms with E-state index in [1.165, 1.54) is 17.5 Å². The molecule has 0 saturated carbocycles. The molecule has 0 bridgehead atoms. The van der Waals surface area contributed by atoms with Gasteiger partial charge in [-0.15, -0.1) is 11.3 Å². The maximum Gasteiger partial charge on any atom is 0.338 e. The molecule has 2 aromatic rings. The minimum atomic E-state index is -2.56. The van der Waals surface area contributed by atoms with Crippen molar-refractivity contribution in [3.63, 3.8) is 0 Å². The fraction of sp³-hybridized carbons (Fsp3) is 0.278. The van der Waals surface area contributed by atoms with E-state index in [1.807, 2.05) is 0 Å². The van der Waals surface area contributed by atoms with Gasteiger partial charge in [-0.1, -0.05) is 6.07 Å². The van der Waals surface area contributed by atoms with Crippen LogP contribution in [0.4, 0.5) is 13.2 Å². The summed E-state index contributed by atoms with van der Waals surface area (Å²) in [6.07, 6.45) is 1.60. The normalized spacial score (nSPS) is 21.7. The zero-order valence-electron chi connectivity index (χ0n) is 15.8. The largest absolute Gasteiger partial charge is 0.760 e. The van der Waals surface area contributed by atoms with E-state index < -0.39 is 46.8 Å². The van der Waals surface area contributed by atoms with E-state index in [-0.39, 0.29) is 29.9 Å². The van der Waals surface area contributed by atoms with E-state index in [9.17, 15) is 26.7 Å². The van der Waals surface area contributed by atoms with Crippen molar-refractivity contribution in [3.8, 4) is 0 Å². The van der Waals surface area contributed by atoms with Crippen LogP contribution >= 0.6 is 11.3 Å². The van der Waals surface area contributed by atoms with Crippen LogP contribution in [0.3, 0.4) is 0 Å². The second kappa shape index (κ2) is 8.49. The van der Waals surface area contributed by atoms with Gasteiger partial charge in [-0.2, -0.15) is 0 Å². The van der Waals surface area contributed by atoms with Crippen LogP contribution in [0.2, 0.25) is 0 Å². The molecule has 8 nitrogen and oxygen atoms in total. The smallest absolute Gasteiger partial charge is 0.338 e. The molecule has 2 aliphatic rings. The van der Waals surface area contributed by atoms with E-state index in [2.05, 4.69) is 14.7 Å². The van der Waals surface area contributed by atoms with Crippen molar-refractivity contribution in [2.45, 2.75) is 18.5 Å². The molecule has 1 aromatic carbocycles. The Labute approximate surface area is 180 Å². The van der Waals surface area contributed by atoms with Gasteiger partial charge in [0.2, 0.25) is 0 Å². The van der Waals surface area contributed by atoms with Crippen LogP contribution in [0.1, 0.15) is 23.0 Å². The van der Waals surface area contributed by atoms with E-state index in [1.54, 1.807) is 10.3 Å². The Kier molecular flexibility index (Phi) is 5.92. The van der Waals surface area contributed by atoms with Crippen molar-refractivity contribution in [2.75, 3.05) is 13.7 Å². The molecule has 3 unspecified atom stereocenters. The van der Waals surface area contributed by atoms with E-state index >= 15 is 0 Å². The lowest BCUT2D eigenvalue weighted by Crippen LogP contribution is -2.38. The highest BCUT2D eigenvalue weighted by Crippen LogP contribution is 2.41. The number of nitrogens with one attached hydrogen (secondary N) is 1. The van der Waals surface area contributed by atoms with Crippen molar-refractivity contribution in [1.82, 2.24) is 14.6 Å². The van der Waals surface area contributed by atoms with Gasteiger partial charge in [-0.3, -0.25) is 9.20 Å². The highest BCUT2D eigenvalue weighted by Gasteiger charge is 2.43. The number of hydrogen-bond donors (Lipinski definition) is 1. The molecule has 31 heavy (non-hydrogen) atoms. The highest BCUT2D eigenvalue weighted by atomic mass is 32.2. The van der Waals surface area contributed by atoms with Crippen LogP contribution in [0.25, 0.3) is 0 Å². The van der Waals surface area contributed by atoms with Gasteiger partial charge >= 0.3 is 5.97 Å².